The summed E-state index contributed by atoms with van der Waals surface area (Å²) in [6.45, 7) is 3.13. The number of nitrogens with zero attached hydrogens (tertiary/aromatic N) is 2. The molecule has 2 N–H and O–H groups in total. The van der Waals surface area contributed by atoms with E-state index in [1.54, 1.807) is 0 Å². The number of aryl methyl sites for hydroxylation is 1. The van der Waals surface area contributed by atoms with Crippen LogP contribution in [-0.4, -0.2) is 9.78 Å². The highest BCUT2D eigenvalue weighted by molar-refractivity contribution is 9.10. The number of hydrogen-bond acceptors (Lipinski definition) is 2. The Bertz CT molecular complexity index is 369. The van der Waals surface area contributed by atoms with E-state index in [0.29, 0.717) is 0 Å². The molecule has 1 saturated carbocycles. The molecule has 4 heteroatoms. The van der Waals surface area contributed by atoms with Crippen molar-refractivity contribution in [3.63, 3.8) is 0 Å². The molecule has 0 saturated heterocycles. The van der Waals surface area contributed by atoms with Gasteiger partial charge in [0.1, 0.15) is 0 Å². The van der Waals surface area contributed by atoms with Crippen molar-refractivity contribution >= 4 is 15.9 Å². The van der Waals surface area contributed by atoms with Crippen LogP contribution < -0.4 is 5.73 Å². The molecule has 0 amide bonds. The van der Waals surface area contributed by atoms with Crippen LogP contribution in [0.2, 0.25) is 0 Å². The summed E-state index contributed by atoms with van der Waals surface area (Å²) in [5.74, 6) is 0.914. The predicted molar refractivity (Wildman–Crippen MR) is 78.3 cm³/mol. The monoisotopic (exact) mass is 313 g/mol. The molecule has 0 bridgehead atoms. The molecule has 2 rings (SSSR count). The minimum atomic E-state index is 0.119. The van der Waals surface area contributed by atoms with Gasteiger partial charge in [-0.3, -0.25) is 4.68 Å². The van der Waals surface area contributed by atoms with Gasteiger partial charge in [-0.25, -0.2) is 0 Å². The Kier molecular flexibility index (Phi) is 5.25. The molecule has 0 aliphatic heterocycles. The summed E-state index contributed by atoms with van der Waals surface area (Å²) >= 11 is 3.58. The van der Waals surface area contributed by atoms with Crippen LogP contribution in [0.15, 0.2) is 10.7 Å². The Hall–Kier alpha value is -0.350. The van der Waals surface area contributed by atoms with E-state index in [1.807, 2.05) is 6.20 Å². The van der Waals surface area contributed by atoms with Gasteiger partial charge in [0, 0.05) is 12.6 Å². The Morgan fingerprint density at radius 3 is 2.89 bits per heavy atom. The van der Waals surface area contributed by atoms with Crippen LogP contribution in [0, 0.1) is 5.92 Å². The van der Waals surface area contributed by atoms with E-state index in [2.05, 4.69) is 32.6 Å². The van der Waals surface area contributed by atoms with Crippen molar-refractivity contribution in [2.24, 2.45) is 11.7 Å². The van der Waals surface area contributed by atoms with E-state index in [0.717, 1.165) is 29.8 Å². The quantitative estimate of drug-likeness (QED) is 0.861. The second-order valence-corrected chi connectivity index (χ2v) is 6.29. The fourth-order valence-electron chi connectivity index (χ4n) is 2.98. The molecule has 1 heterocycles. The Labute approximate surface area is 118 Å². The second-order valence-electron chi connectivity index (χ2n) is 5.44. The summed E-state index contributed by atoms with van der Waals surface area (Å²) in [4.78, 5) is 0. The first-order valence-electron chi connectivity index (χ1n) is 7.19. The molecule has 18 heavy (non-hydrogen) atoms. The van der Waals surface area contributed by atoms with Crippen LogP contribution in [0.25, 0.3) is 0 Å². The molecule has 1 aliphatic rings. The average Bonchev–Trinajstić information content (AvgIpc) is 2.97. The molecule has 1 unspecified atom stereocenters. The van der Waals surface area contributed by atoms with Gasteiger partial charge in [0.2, 0.25) is 0 Å². The minimum absolute atomic E-state index is 0.119. The van der Waals surface area contributed by atoms with Crippen molar-refractivity contribution < 1.29 is 0 Å². The number of rotatable bonds is 6. The van der Waals surface area contributed by atoms with Crippen LogP contribution in [0.1, 0.15) is 63.6 Å². The van der Waals surface area contributed by atoms with Gasteiger partial charge in [0.25, 0.3) is 0 Å². The third-order valence-corrected chi connectivity index (χ3v) is 4.59. The maximum absolute atomic E-state index is 6.36. The van der Waals surface area contributed by atoms with Crippen molar-refractivity contribution in [3.05, 3.63) is 16.4 Å². The summed E-state index contributed by atoms with van der Waals surface area (Å²) in [6, 6.07) is 0.119. The van der Waals surface area contributed by atoms with Crippen LogP contribution in [0.3, 0.4) is 0 Å². The zero-order valence-corrected chi connectivity index (χ0v) is 12.8. The molecular weight excluding hydrogens is 290 g/mol. The third kappa shape index (κ3) is 3.35. The number of halogens is 1. The van der Waals surface area contributed by atoms with Gasteiger partial charge in [0.05, 0.1) is 16.4 Å². The van der Waals surface area contributed by atoms with Gasteiger partial charge >= 0.3 is 0 Å². The predicted octanol–water partition coefficient (Wildman–Crippen LogP) is 4.03. The summed E-state index contributed by atoms with van der Waals surface area (Å²) in [6.07, 6.45) is 11.0. The highest BCUT2D eigenvalue weighted by Crippen LogP contribution is 2.32. The normalized spacial score (nSPS) is 18.4. The summed E-state index contributed by atoms with van der Waals surface area (Å²) in [7, 11) is 0. The van der Waals surface area contributed by atoms with Crippen molar-refractivity contribution in [1.82, 2.24) is 9.78 Å². The molecule has 0 spiro atoms. The first-order chi connectivity index (χ1) is 8.72. The SMILES string of the molecule is CCCn1ncc(Br)c1C(N)CCC1CCCC1. The average molecular weight is 314 g/mol. The topological polar surface area (TPSA) is 43.8 Å². The largest absolute Gasteiger partial charge is 0.323 e. The number of aromatic nitrogens is 2. The van der Waals surface area contributed by atoms with E-state index in [1.165, 1.54) is 37.8 Å². The first-order valence-corrected chi connectivity index (χ1v) is 7.98. The molecule has 1 fully saturated rings. The standard InChI is InChI=1S/C14H24BrN3/c1-2-9-18-14(12(15)10-17-18)13(16)8-7-11-5-3-4-6-11/h10-11,13H,2-9,16H2,1H3. The van der Waals surface area contributed by atoms with Crippen molar-refractivity contribution in [2.45, 2.75) is 64.5 Å². The number of nitrogens with two attached hydrogens (primary N) is 1. The molecule has 1 aromatic heterocycles. The lowest BCUT2D eigenvalue weighted by Crippen LogP contribution is -2.17. The maximum atomic E-state index is 6.36. The molecular formula is C14H24BrN3. The smallest absolute Gasteiger partial charge is 0.0693 e. The van der Waals surface area contributed by atoms with Gasteiger partial charge in [-0.05, 0) is 41.1 Å². The second kappa shape index (κ2) is 6.71. The number of hydrogen-bond donors (Lipinski definition) is 1. The van der Waals surface area contributed by atoms with E-state index in [4.69, 9.17) is 5.73 Å². The Morgan fingerprint density at radius 2 is 2.22 bits per heavy atom. The van der Waals surface area contributed by atoms with Gasteiger partial charge in [-0.15, -0.1) is 0 Å². The molecule has 1 atom stereocenters. The highest BCUT2D eigenvalue weighted by atomic mass is 79.9. The molecule has 0 aromatic carbocycles. The first kappa shape index (κ1) is 14.1. The maximum Gasteiger partial charge on any atom is 0.0693 e. The fraction of sp³-hybridized carbons (Fsp3) is 0.786. The fourth-order valence-corrected chi connectivity index (χ4v) is 3.57. The highest BCUT2D eigenvalue weighted by Gasteiger charge is 2.20. The minimum Gasteiger partial charge on any atom is -0.323 e. The van der Waals surface area contributed by atoms with E-state index >= 15 is 0 Å². The van der Waals surface area contributed by atoms with Crippen molar-refractivity contribution in [1.29, 1.82) is 0 Å². The summed E-state index contributed by atoms with van der Waals surface area (Å²) in [5, 5.41) is 4.40. The van der Waals surface area contributed by atoms with Crippen LogP contribution in [0.4, 0.5) is 0 Å². The zero-order valence-electron chi connectivity index (χ0n) is 11.2. The third-order valence-electron chi connectivity index (χ3n) is 3.98. The van der Waals surface area contributed by atoms with Crippen LogP contribution in [0.5, 0.6) is 0 Å². The van der Waals surface area contributed by atoms with Gasteiger partial charge < -0.3 is 5.73 Å². The summed E-state index contributed by atoms with van der Waals surface area (Å²) in [5.41, 5.74) is 7.53. The van der Waals surface area contributed by atoms with E-state index in [9.17, 15) is 0 Å². The summed E-state index contributed by atoms with van der Waals surface area (Å²) < 4.78 is 3.12. The van der Waals surface area contributed by atoms with Crippen molar-refractivity contribution in [2.75, 3.05) is 0 Å². The lowest BCUT2D eigenvalue weighted by Gasteiger charge is -2.17. The van der Waals surface area contributed by atoms with Crippen LogP contribution >= 0.6 is 15.9 Å². The lowest BCUT2D eigenvalue weighted by molar-refractivity contribution is 0.436. The van der Waals surface area contributed by atoms with E-state index in [-0.39, 0.29) is 6.04 Å². The van der Waals surface area contributed by atoms with Crippen molar-refractivity contribution in [3.8, 4) is 0 Å². The lowest BCUT2D eigenvalue weighted by atomic mass is 9.97. The van der Waals surface area contributed by atoms with E-state index < -0.39 is 0 Å². The molecule has 0 radical (unpaired) electrons. The Balaban J connectivity index is 1.94. The zero-order chi connectivity index (χ0) is 13.0. The molecule has 3 nitrogen and oxygen atoms in total. The molecule has 1 aliphatic carbocycles. The molecule has 102 valence electrons. The van der Waals surface area contributed by atoms with Gasteiger partial charge in [-0.1, -0.05) is 32.6 Å². The van der Waals surface area contributed by atoms with Gasteiger partial charge in [-0.2, -0.15) is 5.10 Å². The molecule has 1 aromatic rings. The van der Waals surface area contributed by atoms with Gasteiger partial charge in [0.15, 0.2) is 0 Å². The Morgan fingerprint density at radius 1 is 1.50 bits per heavy atom. The van der Waals surface area contributed by atoms with Crippen LogP contribution in [-0.2, 0) is 6.54 Å².